The van der Waals surface area contributed by atoms with E-state index in [1.165, 1.54) is 37.3 Å². The van der Waals surface area contributed by atoms with Gasteiger partial charge in [-0.25, -0.2) is 8.42 Å². The van der Waals surface area contributed by atoms with Crippen molar-refractivity contribution in [3.63, 3.8) is 0 Å². The van der Waals surface area contributed by atoms with Gasteiger partial charge >= 0.3 is 0 Å². The van der Waals surface area contributed by atoms with Gasteiger partial charge in [0.25, 0.3) is 0 Å². The monoisotopic (exact) mass is 342 g/mol. The number of Topliss-reactive ketones (excluding diaryl/α,β-unsaturated/α-hetero) is 1. The Morgan fingerprint density at radius 2 is 1.62 bits per heavy atom. The normalized spacial score (nSPS) is 12.9. The summed E-state index contributed by atoms with van der Waals surface area (Å²) in [5.74, 6) is -0.493. The van der Waals surface area contributed by atoms with E-state index in [2.05, 4.69) is 0 Å². The van der Waals surface area contributed by atoms with Crippen LogP contribution in [0.3, 0.4) is 0 Å². The molecule has 21 heavy (non-hydrogen) atoms. The van der Waals surface area contributed by atoms with Crippen molar-refractivity contribution in [1.82, 2.24) is 0 Å². The lowest BCUT2D eigenvalue weighted by molar-refractivity contribution is 0.0991. The van der Waals surface area contributed by atoms with Crippen LogP contribution in [0.25, 0.3) is 0 Å². The SMILES string of the molecule is CC(C(=O)c1cccc(Cl)c1)S(=O)(=O)c1ccc(Cl)cc1. The molecule has 0 bridgehead atoms. The molecule has 0 fully saturated rings. The quantitative estimate of drug-likeness (QED) is 0.788. The van der Waals surface area contributed by atoms with Crippen molar-refractivity contribution in [2.75, 3.05) is 0 Å². The van der Waals surface area contributed by atoms with Gasteiger partial charge in [-0.15, -0.1) is 0 Å². The summed E-state index contributed by atoms with van der Waals surface area (Å²) in [6.45, 7) is 1.37. The molecular formula is C15H12Cl2O3S. The van der Waals surface area contributed by atoms with Gasteiger partial charge < -0.3 is 0 Å². The first-order valence-corrected chi connectivity index (χ1v) is 8.42. The average Bonchev–Trinajstić information content (AvgIpc) is 2.46. The van der Waals surface area contributed by atoms with E-state index in [4.69, 9.17) is 23.2 Å². The number of carbonyl (C=O) groups excluding carboxylic acids is 1. The van der Waals surface area contributed by atoms with E-state index in [1.54, 1.807) is 18.2 Å². The van der Waals surface area contributed by atoms with Crippen molar-refractivity contribution < 1.29 is 13.2 Å². The standard InChI is InChI=1S/C15H12Cl2O3S/c1-10(15(18)11-3-2-4-13(17)9-11)21(19,20)14-7-5-12(16)6-8-14/h2-10H,1H3. The Labute approximate surface area is 133 Å². The van der Waals surface area contributed by atoms with Crippen molar-refractivity contribution in [1.29, 1.82) is 0 Å². The Bertz CT molecular complexity index is 768. The molecule has 110 valence electrons. The summed E-state index contributed by atoms with van der Waals surface area (Å²) in [4.78, 5) is 12.4. The molecule has 3 nitrogen and oxygen atoms in total. The van der Waals surface area contributed by atoms with Crippen LogP contribution in [-0.4, -0.2) is 19.5 Å². The van der Waals surface area contributed by atoms with Crippen LogP contribution in [0.15, 0.2) is 53.4 Å². The first kappa shape index (κ1) is 16.0. The minimum absolute atomic E-state index is 0.0646. The molecule has 1 unspecified atom stereocenters. The predicted molar refractivity (Wildman–Crippen MR) is 83.9 cm³/mol. The second-order valence-corrected chi connectivity index (χ2v) is 7.66. The first-order chi connectivity index (χ1) is 9.82. The highest BCUT2D eigenvalue weighted by Crippen LogP contribution is 2.22. The highest BCUT2D eigenvalue weighted by atomic mass is 35.5. The molecule has 2 aromatic rings. The lowest BCUT2D eigenvalue weighted by Crippen LogP contribution is -2.27. The second kappa shape index (κ2) is 6.18. The lowest BCUT2D eigenvalue weighted by atomic mass is 10.1. The molecule has 0 aliphatic rings. The fourth-order valence-electron chi connectivity index (χ4n) is 1.85. The van der Waals surface area contributed by atoms with Crippen molar-refractivity contribution in [3.8, 4) is 0 Å². The zero-order valence-electron chi connectivity index (χ0n) is 11.1. The second-order valence-electron chi connectivity index (χ2n) is 4.52. The fourth-order valence-corrected chi connectivity index (χ4v) is 3.50. The van der Waals surface area contributed by atoms with Crippen LogP contribution in [0.2, 0.25) is 10.0 Å². The Morgan fingerprint density at radius 1 is 1.00 bits per heavy atom. The van der Waals surface area contributed by atoms with Crippen molar-refractivity contribution in [3.05, 3.63) is 64.1 Å². The van der Waals surface area contributed by atoms with Gasteiger partial charge in [0, 0.05) is 15.6 Å². The van der Waals surface area contributed by atoms with Crippen LogP contribution in [0.4, 0.5) is 0 Å². The maximum atomic E-state index is 12.4. The number of halogens is 2. The molecule has 0 amide bonds. The minimum atomic E-state index is -3.77. The molecule has 0 saturated carbocycles. The van der Waals surface area contributed by atoms with E-state index in [0.29, 0.717) is 10.0 Å². The lowest BCUT2D eigenvalue weighted by Gasteiger charge is -2.12. The minimum Gasteiger partial charge on any atom is -0.293 e. The van der Waals surface area contributed by atoms with E-state index >= 15 is 0 Å². The highest BCUT2D eigenvalue weighted by Gasteiger charge is 2.30. The molecule has 0 radical (unpaired) electrons. The van der Waals surface area contributed by atoms with Gasteiger partial charge in [-0.2, -0.15) is 0 Å². The van der Waals surface area contributed by atoms with Gasteiger partial charge in [0.1, 0.15) is 5.25 Å². The largest absolute Gasteiger partial charge is 0.293 e. The molecule has 0 N–H and O–H groups in total. The van der Waals surface area contributed by atoms with Gasteiger partial charge in [0.2, 0.25) is 0 Å². The number of rotatable bonds is 4. The molecule has 1 atom stereocenters. The fraction of sp³-hybridized carbons (Fsp3) is 0.133. The third kappa shape index (κ3) is 3.46. The molecule has 0 aliphatic heterocycles. The topological polar surface area (TPSA) is 51.2 Å². The molecule has 6 heteroatoms. The molecule has 2 rings (SSSR count). The maximum absolute atomic E-state index is 12.4. The van der Waals surface area contributed by atoms with Crippen molar-refractivity contribution in [2.24, 2.45) is 0 Å². The van der Waals surface area contributed by atoms with Crippen LogP contribution in [-0.2, 0) is 9.84 Å². The molecule has 0 saturated heterocycles. The average molecular weight is 343 g/mol. The smallest absolute Gasteiger partial charge is 0.188 e. The van der Waals surface area contributed by atoms with E-state index in [0.717, 1.165) is 0 Å². The molecule has 0 aliphatic carbocycles. The van der Waals surface area contributed by atoms with Crippen LogP contribution in [0, 0.1) is 0 Å². The third-order valence-corrected chi connectivity index (χ3v) is 5.65. The number of benzene rings is 2. The summed E-state index contributed by atoms with van der Waals surface area (Å²) in [5.41, 5.74) is 0.271. The Kier molecular flexibility index (Phi) is 4.71. The molecular weight excluding hydrogens is 331 g/mol. The zero-order valence-corrected chi connectivity index (χ0v) is 13.4. The summed E-state index contributed by atoms with van der Waals surface area (Å²) < 4.78 is 24.9. The van der Waals surface area contributed by atoms with E-state index in [-0.39, 0.29) is 10.5 Å². The maximum Gasteiger partial charge on any atom is 0.188 e. The number of sulfone groups is 1. The predicted octanol–water partition coefficient (Wildman–Crippen LogP) is 4.04. The summed E-state index contributed by atoms with van der Waals surface area (Å²) in [7, 11) is -3.77. The molecule has 0 aromatic heterocycles. The van der Waals surface area contributed by atoms with Crippen molar-refractivity contribution >= 4 is 38.8 Å². The number of carbonyl (C=O) groups is 1. The van der Waals surface area contributed by atoms with Crippen LogP contribution in [0.5, 0.6) is 0 Å². The Hall–Kier alpha value is -1.36. The first-order valence-electron chi connectivity index (χ1n) is 6.11. The molecule has 2 aromatic carbocycles. The van der Waals surface area contributed by atoms with Crippen molar-refractivity contribution in [2.45, 2.75) is 17.1 Å². The summed E-state index contributed by atoms with van der Waals surface area (Å²) in [6.07, 6.45) is 0. The Morgan fingerprint density at radius 3 is 2.19 bits per heavy atom. The molecule has 0 spiro atoms. The van der Waals surface area contributed by atoms with Gasteiger partial charge in [0.05, 0.1) is 4.90 Å². The number of hydrogen-bond acceptors (Lipinski definition) is 3. The van der Waals surface area contributed by atoms with Gasteiger partial charge in [-0.05, 0) is 43.3 Å². The van der Waals surface area contributed by atoms with Crippen LogP contribution >= 0.6 is 23.2 Å². The van der Waals surface area contributed by atoms with E-state index in [1.807, 2.05) is 0 Å². The number of hydrogen-bond donors (Lipinski definition) is 0. The summed E-state index contributed by atoms with van der Waals surface area (Å²) in [5, 5.41) is -0.378. The van der Waals surface area contributed by atoms with Gasteiger partial charge in [0.15, 0.2) is 15.6 Å². The van der Waals surface area contributed by atoms with E-state index < -0.39 is 20.9 Å². The summed E-state index contributed by atoms with van der Waals surface area (Å²) in [6, 6.07) is 12.0. The van der Waals surface area contributed by atoms with Gasteiger partial charge in [-0.3, -0.25) is 4.79 Å². The van der Waals surface area contributed by atoms with E-state index in [9.17, 15) is 13.2 Å². The van der Waals surface area contributed by atoms with Crippen LogP contribution in [0.1, 0.15) is 17.3 Å². The third-order valence-electron chi connectivity index (χ3n) is 3.09. The highest BCUT2D eigenvalue weighted by molar-refractivity contribution is 7.92. The van der Waals surface area contributed by atoms with Crippen LogP contribution < -0.4 is 0 Å². The number of ketones is 1. The summed E-state index contributed by atoms with van der Waals surface area (Å²) >= 11 is 11.6. The molecule has 0 heterocycles. The zero-order chi connectivity index (χ0) is 15.6. The van der Waals surface area contributed by atoms with Gasteiger partial charge in [-0.1, -0.05) is 35.3 Å². The Balaban J connectivity index is 2.36.